The van der Waals surface area contributed by atoms with E-state index < -0.39 is 0 Å². The van der Waals surface area contributed by atoms with E-state index in [1.54, 1.807) is 0 Å². The number of hydrogen-bond donors (Lipinski definition) is 1. The molecular weight excluding hydrogens is 186 g/mol. The van der Waals surface area contributed by atoms with Crippen LogP contribution < -0.4 is 5.32 Å². The predicted octanol–water partition coefficient (Wildman–Crippen LogP) is 0.763. The molecule has 2 saturated heterocycles. The summed E-state index contributed by atoms with van der Waals surface area (Å²) < 4.78 is 0. The van der Waals surface area contributed by atoms with Crippen molar-refractivity contribution in [3.05, 3.63) is 0 Å². The Bertz CT molecular complexity index is 201. The van der Waals surface area contributed by atoms with Crippen molar-refractivity contribution in [2.75, 3.05) is 32.7 Å². The van der Waals surface area contributed by atoms with Gasteiger partial charge < -0.3 is 5.32 Å². The molecule has 0 radical (unpaired) electrons. The van der Waals surface area contributed by atoms with E-state index in [1.165, 1.54) is 39.1 Å². The first-order valence-corrected chi connectivity index (χ1v) is 6.43. The Hall–Kier alpha value is -0.120. The minimum atomic E-state index is 0.716. The second-order valence-electron chi connectivity index (χ2n) is 5.17. The minimum absolute atomic E-state index is 0.716. The largest absolute Gasteiger partial charge is 0.314 e. The molecule has 88 valence electrons. The summed E-state index contributed by atoms with van der Waals surface area (Å²) in [5.41, 5.74) is 0. The first-order chi connectivity index (χ1) is 7.22. The lowest BCUT2D eigenvalue weighted by molar-refractivity contribution is 0.100. The third-order valence-corrected chi connectivity index (χ3v) is 3.99. The van der Waals surface area contributed by atoms with Gasteiger partial charge in [0.25, 0.3) is 0 Å². The van der Waals surface area contributed by atoms with Crippen LogP contribution in [0.25, 0.3) is 0 Å². The molecule has 1 unspecified atom stereocenters. The summed E-state index contributed by atoms with van der Waals surface area (Å²) in [6.07, 6.45) is 1.36. The highest BCUT2D eigenvalue weighted by atomic mass is 15.3. The molecule has 2 fully saturated rings. The maximum atomic E-state index is 3.38. The van der Waals surface area contributed by atoms with E-state index in [2.05, 4.69) is 35.9 Å². The van der Waals surface area contributed by atoms with Crippen molar-refractivity contribution >= 4 is 0 Å². The van der Waals surface area contributed by atoms with Crippen molar-refractivity contribution in [1.29, 1.82) is 0 Å². The predicted molar refractivity (Wildman–Crippen MR) is 64.2 cm³/mol. The topological polar surface area (TPSA) is 18.5 Å². The number of rotatable bonds is 4. The quantitative estimate of drug-likeness (QED) is 0.741. The number of likely N-dealkylation sites (N-methyl/N-ethyl adjacent to an activating group) is 1. The molecule has 0 saturated carbocycles. The third kappa shape index (κ3) is 2.35. The highest BCUT2D eigenvalue weighted by molar-refractivity contribution is 4.92. The highest BCUT2D eigenvalue weighted by Crippen LogP contribution is 2.20. The molecule has 2 aliphatic rings. The van der Waals surface area contributed by atoms with Crippen molar-refractivity contribution in [3.8, 4) is 0 Å². The monoisotopic (exact) mass is 211 g/mol. The van der Waals surface area contributed by atoms with Gasteiger partial charge >= 0.3 is 0 Å². The Balaban J connectivity index is 1.87. The molecule has 3 nitrogen and oxygen atoms in total. The maximum Gasteiger partial charge on any atom is 0.0348 e. The van der Waals surface area contributed by atoms with Gasteiger partial charge in [0.1, 0.15) is 0 Å². The van der Waals surface area contributed by atoms with E-state index in [0.29, 0.717) is 6.04 Å². The van der Waals surface area contributed by atoms with Crippen LogP contribution in [-0.4, -0.2) is 60.6 Å². The fourth-order valence-electron chi connectivity index (χ4n) is 2.83. The van der Waals surface area contributed by atoms with Crippen LogP contribution in [0.1, 0.15) is 27.2 Å². The lowest BCUT2D eigenvalue weighted by Crippen LogP contribution is -2.60. The summed E-state index contributed by atoms with van der Waals surface area (Å²) in [7, 11) is 0. The SMILES string of the molecule is CCN(C1CNC1)C1CCN(C(C)C)C1. The van der Waals surface area contributed by atoms with Crippen LogP contribution in [0.3, 0.4) is 0 Å². The fraction of sp³-hybridized carbons (Fsp3) is 1.00. The van der Waals surface area contributed by atoms with Gasteiger partial charge in [0.15, 0.2) is 0 Å². The average molecular weight is 211 g/mol. The maximum absolute atomic E-state index is 3.38. The second-order valence-corrected chi connectivity index (χ2v) is 5.17. The Labute approximate surface area is 93.8 Å². The van der Waals surface area contributed by atoms with Gasteiger partial charge in [-0.05, 0) is 26.8 Å². The molecule has 0 amide bonds. The van der Waals surface area contributed by atoms with E-state index in [9.17, 15) is 0 Å². The standard InChI is InChI=1S/C12H25N3/c1-4-15(12-7-13-8-12)11-5-6-14(9-11)10(2)3/h10-13H,4-9H2,1-3H3. The summed E-state index contributed by atoms with van der Waals surface area (Å²) >= 11 is 0. The lowest BCUT2D eigenvalue weighted by atomic mass is 10.1. The van der Waals surface area contributed by atoms with Crippen molar-refractivity contribution < 1.29 is 0 Å². The van der Waals surface area contributed by atoms with Crippen LogP contribution in [-0.2, 0) is 0 Å². The van der Waals surface area contributed by atoms with Gasteiger partial charge in [-0.1, -0.05) is 6.92 Å². The Morgan fingerprint density at radius 2 is 2.07 bits per heavy atom. The average Bonchev–Trinajstić information content (AvgIpc) is 2.59. The Morgan fingerprint density at radius 3 is 2.47 bits per heavy atom. The van der Waals surface area contributed by atoms with Gasteiger partial charge in [-0.2, -0.15) is 0 Å². The zero-order chi connectivity index (χ0) is 10.8. The first-order valence-electron chi connectivity index (χ1n) is 6.43. The van der Waals surface area contributed by atoms with Gasteiger partial charge in [0, 0.05) is 44.3 Å². The summed E-state index contributed by atoms with van der Waals surface area (Å²) in [6.45, 7) is 13.1. The summed E-state index contributed by atoms with van der Waals surface area (Å²) in [6, 6.07) is 2.34. The second kappa shape index (κ2) is 4.81. The smallest absolute Gasteiger partial charge is 0.0348 e. The molecule has 1 atom stereocenters. The molecule has 0 bridgehead atoms. The molecule has 0 aromatic rings. The van der Waals surface area contributed by atoms with Gasteiger partial charge in [0.2, 0.25) is 0 Å². The lowest BCUT2D eigenvalue weighted by Gasteiger charge is -2.41. The van der Waals surface area contributed by atoms with Crippen molar-refractivity contribution in [3.63, 3.8) is 0 Å². The van der Waals surface area contributed by atoms with Crippen LogP contribution in [0.15, 0.2) is 0 Å². The van der Waals surface area contributed by atoms with Crippen molar-refractivity contribution in [1.82, 2.24) is 15.1 Å². The minimum Gasteiger partial charge on any atom is -0.314 e. The zero-order valence-electron chi connectivity index (χ0n) is 10.4. The van der Waals surface area contributed by atoms with E-state index in [0.717, 1.165) is 12.1 Å². The van der Waals surface area contributed by atoms with E-state index in [4.69, 9.17) is 0 Å². The fourth-order valence-corrected chi connectivity index (χ4v) is 2.83. The third-order valence-electron chi connectivity index (χ3n) is 3.99. The molecule has 0 aliphatic carbocycles. The molecule has 2 rings (SSSR count). The molecule has 0 aromatic carbocycles. The molecule has 3 heteroatoms. The van der Waals surface area contributed by atoms with E-state index >= 15 is 0 Å². The van der Waals surface area contributed by atoms with Crippen LogP contribution in [0.2, 0.25) is 0 Å². The Kier molecular flexibility index (Phi) is 3.65. The summed E-state index contributed by atoms with van der Waals surface area (Å²) in [5.74, 6) is 0. The Morgan fingerprint density at radius 1 is 1.33 bits per heavy atom. The van der Waals surface area contributed by atoms with E-state index in [1.807, 2.05) is 0 Å². The summed E-state index contributed by atoms with van der Waals surface area (Å²) in [4.78, 5) is 5.32. The summed E-state index contributed by atoms with van der Waals surface area (Å²) in [5, 5.41) is 3.38. The van der Waals surface area contributed by atoms with Crippen molar-refractivity contribution in [2.45, 2.75) is 45.3 Å². The highest BCUT2D eigenvalue weighted by Gasteiger charge is 2.33. The number of likely N-dealkylation sites (tertiary alicyclic amines) is 1. The molecule has 0 aromatic heterocycles. The van der Waals surface area contributed by atoms with Gasteiger partial charge in [0.05, 0.1) is 0 Å². The molecule has 2 aliphatic heterocycles. The number of hydrogen-bond acceptors (Lipinski definition) is 3. The van der Waals surface area contributed by atoms with Crippen molar-refractivity contribution in [2.24, 2.45) is 0 Å². The molecule has 1 N–H and O–H groups in total. The van der Waals surface area contributed by atoms with Crippen LogP contribution >= 0.6 is 0 Å². The van der Waals surface area contributed by atoms with E-state index in [-0.39, 0.29) is 0 Å². The van der Waals surface area contributed by atoms with Gasteiger partial charge in [-0.25, -0.2) is 0 Å². The van der Waals surface area contributed by atoms with Crippen LogP contribution in [0.5, 0.6) is 0 Å². The zero-order valence-corrected chi connectivity index (χ0v) is 10.4. The molecular formula is C12H25N3. The first kappa shape index (κ1) is 11.4. The van der Waals surface area contributed by atoms with Gasteiger partial charge in [-0.3, -0.25) is 9.80 Å². The normalized spacial score (nSPS) is 29.0. The number of nitrogens with zero attached hydrogens (tertiary/aromatic N) is 2. The molecule has 15 heavy (non-hydrogen) atoms. The number of nitrogens with one attached hydrogen (secondary N) is 1. The van der Waals surface area contributed by atoms with Crippen LogP contribution in [0, 0.1) is 0 Å². The molecule has 2 heterocycles. The molecule has 0 spiro atoms. The van der Waals surface area contributed by atoms with Crippen LogP contribution in [0.4, 0.5) is 0 Å². The van der Waals surface area contributed by atoms with Gasteiger partial charge in [-0.15, -0.1) is 0 Å².